The summed E-state index contributed by atoms with van der Waals surface area (Å²) in [5.74, 6) is -1.78. The SMILES string of the molecule is O=C(N/N=C/c1ccco1)C(=O)Nc1ccc(C(F)(F)F)cc1. The summed E-state index contributed by atoms with van der Waals surface area (Å²) in [5, 5.41) is 5.64. The fraction of sp³-hybridized carbons (Fsp3) is 0.0714. The van der Waals surface area contributed by atoms with E-state index >= 15 is 0 Å². The van der Waals surface area contributed by atoms with Crippen LogP contribution in [0, 0.1) is 0 Å². The number of amides is 2. The smallest absolute Gasteiger partial charge is 0.416 e. The molecule has 6 nitrogen and oxygen atoms in total. The molecule has 2 aromatic rings. The van der Waals surface area contributed by atoms with Crippen LogP contribution in [0.4, 0.5) is 18.9 Å². The van der Waals surface area contributed by atoms with Gasteiger partial charge < -0.3 is 9.73 Å². The van der Waals surface area contributed by atoms with E-state index < -0.39 is 23.6 Å². The Morgan fingerprint density at radius 1 is 1.09 bits per heavy atom. The summed E-state index contributed by atoms with van der Waals surface area (Å²) in [6.07, 6.45) is -1.88. The Kier molecular flexibility index (Phi) is 4.79. The number of carbonyl (C=O) groups is 2. The Bertz CT molecular complexity index is 707. The highest BCUT2D eigenvalue weighted by molar-refractivity contribution is 6.39. The third kappa shape index (κ3) is 4.70. The Labute approximate surface area is 128 Å². The molecule has 0 atom stereocenters. The second-order valence-corrected chi connectivity index (χ2v) is 4.24. The van der Waals surface area contributed by atoms with Gasteiger partial charge in [0.2, 0.25) is 0 Å². The minimum Gasteiger partial charge on any atom is -0.463 e. The second-order valence-electron chi connectivity index (χ2n) is 4.24. The van der Waals surface area contributed by atoms with Gasteiger partial charge in [0.05, 0.1) is 18.0 Å². The average molecular weight is 325 g/mol. The van der Waals surface area contributed by atoms with Crippen molar-refractivity contribution < 1.29 is 27.2 Å². The van der Waals surface area contributed by atoms with Crippen molar-refractivity contribution >= 4 is 23.7 Å². The van der Waals surface area contributed by atoms with E-state index in [-0.39, 0.29) is 5.69 Å². The number of furan rings is 1. The Morgan fingerprint density at radius 2 is 1.78 bits per heavy atom. The molecular weight excluding hydrogens is 315 g/mol. The molecule has 0 aliphatic heterocycles. The average Bonchev–Trinajstić information content (AvgIpc) is 3.00. The zero-order valence-electron chi connectivity index (χ0n) is 11.4. The highest BCUT2D eigenvalue weighted by Crippen LogP contribution is 2.29. The van der Waals surface area contributed by atoms with E-state index in [9.17, 15) is 22.8 Å². The van der Waals surface area contributed by atoms with Crippen LogP contribution in [-0.4, -0.2) is 18.0 Å². The molecule has 0 saturated heterocycles. The number of anilines is 1. The highest BCUT2D eigenvalue weighted by atomic mass is 19.4. The van der Waals surface area contributed by atoms with E-state index in [0.717, 1.165) is 24.3 Å². The zero-order valence-corrected chi connectivity index (χ0v) is 11.4. The summed E-state index contributed by atoms with van der Waals surface area (Å²) >= 11 is 0. The van der Waals surface area contributed by atoms with Crippen molar-refractivity contribution in [2.75, 3.05) is 5.32 Å². The molecule has 0 fully saturated rings. The maximum atomic E-state index is 12.4. The quantitative estimate of drug-likeness (QED) is 0.516. The van der Waals surface area contributed by atoms with E-state index in [4.69, 9.17) is 4.42 Å². The molecule has 0 saturated carbocycles. The van der Waals surface area contributed by atoms with E-state index in [1.165, 1.54) is 12.5 Å². The lowest BCUT2D eigenvalue weighted by atomic mass is 10.2. The fourth-order valence-corrected chi connectivity index (χ4v) is 1.50. The predicted octanol–water partition coefficient (Wildman–Crippen LogP) is 2.39. The van der Waals surface area contributed by atoms with Gasteiger partial charge in [0.15, 0.2) is 0 Å². The van der Waals surface area contributed by atoms with Crippen LogP contribution in [-0.2, 0) is 15.8 Å². The van der Waals surface area contributed by atoms with Gasteiger partial charge in [-0.1, -0.05) is 0 Å². The van der Waals surface area contributed by atoms with E-state index in [0.29, 0.717) is 5.76 Å². The van der Waals surface area contributed by atoms with Crippen molar-refractivity contribution in [2.24, 2.45) is 5.10 Å². The van der Waals surface area contributed by atoms with Crippen LogP contribution >= 0.6 is 0 Å². The summed E-state index contributed by atoms with van der Waals surface area (Å²) in [6.45, 7) is 0. The number of nitrogens with one attached hydrogen (secondary N) is 2. The van der Waals surface area contributed by atoms with E-state index in [1.54, 1.807) is 12.1 Å². The van der Waals surface area contributed by atoms with Crippen LogP contribution in [0.2, 0.25) is 0 Å². The van der Waals surface area contributed by atoms with Gasteiger partial charge in [-0.05, 0) is 36.4 Å². The molecule has 23 heavy (non-hydrogen) atoms. The molecule has 9 heteroatoms. The Balaban J connectivity index is 1.89. The molecular formula is C14H10F3N3O3. The molecule has 1 aromatic heterocycles. The molecule has 2 rings (SSSR count). The number of hydrogen-bond donors (Lipinski definition) is 2. The lowest BCUT2D eigenvalue weighted by Gasteiger charge is -2.08. The molecule has 0 spiro atoms. The lowest BCUT2D eigenvalue weighted by molar-refractivity contribution is -0.137. The number of alkyl halides is 3. The van der Waals surface area contributed by atoms with Crippen molar-refractivity contribution in [1.82, 2.24) is 5.43 Å². The third-order valence-corrected chi connectivity index (χ3v) is 2.58. The topological polar surface area (TPSA) is 83.7 Å². The first kappa shape index (κ1) is 16.3. The summed E-state index contributed by atoms with van der Waals surface area (Å²) in [7, 11) is 0. The van der Waals surface area contributed by atoms with Gasteiger partial charge in [0, 0.05) is 5.69 Å². The molecule has 0 aliphatic rings. The van der Waals surface area contributed by atoms with Crippen LogP contribution in [0.25, 0.3) is 0 Å². The number of nitrogens with zero attached hydrogens (tertiary/aromatic N) is 1. The van der Waals surface area contributed by atoms with Crippen molar-refractivity contribution in [2.45, 2.75) is 6.18 Å². The van der Waals surface area contributed by atoms with Crippen molar-refractivity contribution in [1.29, 1.82) is 0 Å². The Morgan fingerprint density at radius 3 is 2.35 bits per heavy atom. The number of halogens is 3. The van der Waals surface area contributed by atoms with Crippen LogP contribution in [0.5, 0.6) is 0 Å². The first-order valence-electron chi connectivity index (χ1n) is 6.21. The number of rotatable bonds is 3. The van der Waals surface area contributed by atoms with Crippen LogP contribution in [0.15, 0.2) is 52.2 Å². The minimum atomic E-state index is -4.47. The number of carbonyl (C=O) groups excluding carboxylic acids is 2. The maximum absolute atomic E-state index is 12.4. The van der Waals surface area contributed by atoms with Crippen LogP contribution < -0.4 is 10.7 Å². The molecule has 0 unspecified atom stereocenters. The molecule has 0 bridgehead atoms. The van der Waals surface area contributed by atoms with Gasteiger partial charge in [0.1, 0.15) is 5.76 Å². The first-order valence-corrected chi connectivity index (χ1v) is 6.21. The first-order chi connectivity index (χ1) is 10.9. The summed E-state index contributed by atoms with van der Waals surface area (Å²) in [5.41, 5.74) is 1.15. The normalized spacial score (nSPS) is 11.4. The van der Waals surface area contributed by atoms with Crippen molar-refractivity contribution in [3.05, 3.63) is 54.0 Å². The fourth-order valence-electron chi connectivity index (χ4n) is 1.50. The largest absolute Gasteiger partial charge is 0.463 e. The van der Waals surface area contributed by atoms with Gasteiger partial charge in [-0.3, -0.25) is 9.59 Å². The van der Waals surface area contributed by atoms with Gasteiger partial charge in [-0.25, -0.2) is 5.43 Å². The minimum absolute atomic E-state index is 0.0492. The van der Waals surface area contributed by atoms with Gasteiger partial charge >= 0.3 is 18.0 Å². The van der Waals surface area contributed by atoms with E-state index in [2.05, 4.69) is 10.4 Å². The molecule has 120 valence electrons. The van der Waals surface area contributed by atoms with Crippen LogP contribution in [0.1, 0.15) is 11.3 Å². The molecule has 1 aromatic carbocycles. The number of hydrazone groups is 1. The van der Waals surface area contributed by atoms with Gasteiger partial charge in [-0.2, -0.15) is 18.3 Å². The lowest BCUT2D eigenvalue weighted by Crippen LogP contribution is -2.32. The molecule has 2 amide bonds. The zero-order chi connectivity index (χ0) is 16.9. The molecule has 2 N–H and O–H groups in total. The maximum Gasteiger partial charge on any atom is 0.416 e. The standard InChI is InChI=1S/C14H10F3N3O3/c15-14(16,17)9-3-5-10(6-4-9)19-12(21)13(22)20-18-8-11-2-1-7-23-11/h1-8H,(H,19,21)(H,20,22)/b18-8+. The monoisotopic (exact) mass is 325 g/mol. The third-order valence-electron chi connectivity index (χ3n) is 2.58. The van der Waals surface area contributed by atoms with Gasteiger partial charge in [0.25, 0.3) is 0 Å². The van der Waals surface area contributed by atoms with E-state index in [1.807, 2.05) is 5.43 Å². The van der Waals surface area contributed by atoms with Crippen molar-refractivity contribution in [3.8, 4) is 0 Å². The Hall–Kier alpha value is -3.10. The number of hydrogen-bond acceptors (Lipinski definition) is 4. The summed E-state index contributed by atoms with van der Waals surface area (Å²) in [4.78, 5) is 23.0. The van der Waals surface area contributed by atoms with Crippen LogP contribution in [0.3, 0.4) is 0 Å². The second kappa shape index (κ2) is 6.77. The highest BCUT2D eigenvalue weighted by Gasteiger charge is 2.30. The number of benzene rings is 1. The molecule has 0 aliphatic carbocycles. The summed E-state index contributed by atoms with van der Waals surface area (Å²) in [6, 6.07) is 6.86. The summed E-state index contributed by atoms with van der Waals surface area (Å²) < 4.78 is 42.1. The van der Waals surface area contributed by atoms with Gasteiger partial charge in [-0.15, -0.1) is 0 Å². The predicted molar refractivity (Wildman–Crippen MR) is 74.5 cm³/mol. The van der Waals surface area contributed by atoms with Crippen molar-refractivity contribution in [3.63, 3.8) is 0 Å². The molecule has 0 radical (unpaired) electrons. The molecule has 1 heterocycles.